The van der Waals surface area contributed by atoms with Gasteiger partial charge in [-0.05, 0) is 30.2 Å². The molecule has 0 aliphatic carbocycles. The van der Waals surface area contributed by atoms with Crippen LogP contribution in [0.15, 0.2) is 48.5 Å². The van der Waals surface area contributed by atoms with Gasteiger partial charge in [0.25, 0.3) is 5.91 Å². The summed E-state index contributed by atoms with van der Waals surface area (Å²) in [5.74, 6) is -0.207. The standard InChI is InChI=1S/C17H16ClN5O/c1-11-7-8-13(9-14(11)18)20-17(24)15-16(19)23(22-21-15)10-12-5-3-2-4-6-12/h2-9H,10,19H2,1H3,(H,20,24). The van der Waals surface area contributed by atoms with Crippen molar-refractivity contribution >= 4 is 29.0 Å². The summed E-state index contributed by atoms with van der Waals surface area (Å²) >= 11 is 6.06. The third kappa shape index (κ3) is 3.38. The molecule has 3 N–H and O–H groups in total. The molecular weight excluding hydrogens is 326 g/mol. The molecule has 1 aromatic heterocycles. The summed E-state index contributed by atoms with van der Waals surface area (Å²) in [4.78, 5) is 12.3. The van der Waals surface area contributed by atoms with E-state index in [0.29, 0.717) is 17.3 Å². The Balaban J connectivity index is 1.77. The lowest BCUT2D eigenvalue weighted by molar-refractivity contribution is 0.102. The highest BCUT2D eigenvalue weighted by molar-refractivity contribution is 6.31. The molecule has 0 saturated heterocycles. The highest BCUT2D eigenvalue weighted by Gasteiger charge is 2.18. The van der Waals surface area contributed by atoms with Gasteiger partial charge in [-0.3, -0.25) is 4.79 Å². The molecule has 7 heteroatoms. The molecule has 0 bridgehead atoms. The van der Waals surface area contributed by atoms with E-state index in [9.17, 15) is 4.79 Å². The molecule has 0 atom stereocenters. The van der Waals surface area contributed by atoms with Crippen LogP contribution in [0.4, 0.5) is 11.5 Å². The third-order valence-corrected chi connectivity index (χ3v) is 4.00. The number of nitrogens with one attached hydrogen (secondary N) is 1. The summed E-state index contributed by atoms with van der Waals surface area (Å²) in [6.07, 6.45) is 0. The summed E-state index contributed by atoms with van der Waals surface area (Å²) < 4.78 is 1.49. The average molecular weight is 342 g/mol. The van der Waals surface area contributed by atoms with E-state index in [4.69, 9.17) is 17.3 Å². The van der Waals surface area contributed by atoms with Crippen molar-refractivity contribution in [1.29, 1.82) is 0 Å². The smallest absolute Gasteiger partial charge is 0.280 e. The minimum absolute atomic E-state index is 0.0858. The van der Waals surface area contributed by atoms with Gasteiger partial charge >= 0.3 is 0 Å². The molecule has 0 aliphatic rings. The summed E-state index contributed by atoms with van der Waals surface area (Å²) in [6, 6.07) is 15.0. The van der Waals surface area contributed by atoms with Crippen molar-refractivity contribution in [3.8, 4) is 0 Å². The van der Waals surface area contributed by atoms with Gasteiger partial charge in [-0.1, -0.05) is 53.2 Å². The second kappa shape index (κ2) is 6.72. The maximum Gasteiger partial charge on any atom is 0.280 e. The van der Waals surface area contributed by atoms with Crippen LogP contribution in [0.5, 0.6) is 0 Å². The number of nitrogens with zero attached hydrogens (tertiary/aromatic N) is 3. The van der Waals surface area contributed by atoms with Crippen LogP contribution < -0.4 is 11.1 Å². The second-order valence-corrected chi connectivity index (χ2v) is 5.79. The van der Waals surface area contributed by atoms with E-state index in [1.807, 2.05) is 43.3 Å². The van der Waals surface area contributed by atoms with Crippen LogP contribution in [-0.2, 0) is 6.54 Å². The molecule has 0 saturated carbocycles. The van der Waals surface area contributed by atoms with Crippen molar-refractivity contribution in [1.82, 2.24) is 15.0 Å². The molecule has 0 unspecified atom stereocenters. The second-order valence-electron chi connectivity index (χ2n) is 5.38. The molecule has 1 heterocycles. The first-order valence-electron chi connectivity index (χ1n) is 7.35. The maximum absolute atomic E-state index is 12.3. The van der Waals surface area contributed by atoms with E-state index in [2.05, 4.69) is 15.6 Å². The van der Waals surface area contributed by atoms with E-state index < -0.39 is 5.91 Å². The predicted octanol–water partition coefficient (Wildman–Crippen LogP) is 3.12. The fourth-order valence-corrected chi connectivity index (χ4v) is 2.40. The number of anilines is 2. The fourth-order valence-electron chi connectivity index (χ4n) is 2.22. The van der Waals surface area contributed by atoms with E-state index in [-0.39, 0.29) is 11.5 Å². The highest BCUT2D eigenvalue weighted by Crippen LogP contribution is 2.21. The van der Waals surface area contributed by atoms with Gasteiger partial charge in [0.2, 0.25) is 0 Å². The highest BCUT2D eigenvalue weighted by atomic mass is 35.5. The Morgan fingerprint density at radius 1 is 1.25 bits per heavy atom. The van der Waals surface area contributed by atoms with Gasteiger partial charge in [-0.2, -0.15) is 0 Å². The number of hydrogen-bond donors (Lipinski definition) is 2. The Bertz CT molecular complexity index is 876. The molecule has 6 nitrogen and oxygen atoms in total. The number of aromatic nitrogens is 3. The van der Waals surface area contributed by atoms with Gasteiger partial charge in [0, 0.05) is 10.7 Å². The molecule has 3 rings (SSSR count). The van der Waals surface area contributed by atoms with E-state index in [1.54, 1.807) is 12.1 Å². The van der Waals surface area contributed by atoms with Crippen LogP contribution in [0.3, 0.4) is 0 Å². The lowest BCUT2D eigenvalue weighted by Crippen LogP contribution is -2.15. The number of carbonyl (C=O) groups excluding carboxylic acids is 1. The molecule has 2 aromatic carbocycles. The number of nitrogens with two attached hydrogens (primary N) is 1. The minimum atomic E-state index is -0.424. The van der Waals surface area contributed by atoms with E-state index in [1.165, 1.54) is 4.68 Å². The van der Waals surface area contributed by atoms with Gasteiger partial charge in [0.05, 0.1) is 6.54 Å². The van der Waals surface area contributed by atoms with Gasteiger partial charge < -0.3 is 11.1 Å². The van der Waals surface area contributed by atoms with Crippen LogP contribution in [-0.4, -0.2) is 20.9 Å². The molecular formula is C17H16ClN5O. The van der Waals surface area contributed by atoms with Crippen molar-refractivity contribution in [3.63, 3.8) is 0 Å². The molecule has 0 radical (unpaired) electrons. The fraction of sp³-hybridized carbons (Fsp3) is 0.118. The van der Waals surface area contributed by atoms with Gasteiger partial charge in [0.15, 0.2) is 11.5 Å². The van der Waals surface area contributed by atoms with Crippen molar-refractivity contribution in [3.05, 3.63) is 70.4 Å². The van der Waals surface area contributed by atoms with Gasteiger partial charge in [0.1, 0.15) is 0 Å². The van der Waals surface area contributed by atoms with Gasteiger partial charge in [-0.25, -0.2) is 4.68 Å². The quantitative estimate of drug-likeness (QED) is 0.763. The summed E-state index contributed by atoms with van der Waals surface area (Å²) in [5.41, 5.74) is 8.63. The van der Waals surface area contributed by atoms with Crippen LogP contribution >= 0.6 is 11.6 Å². The molecule has 3 aromatic rings. The monoisotopic (exact) mass is 341 g/mol. The first-order chi connectivity index (χ1) is 11.5. The molecule has 0 aliphatic heterocycles. The zero-order valence-corrected chi connectivity index (χ0v) is 13.8. The Morgan fingerprint density at radius 2 is 2.00 bits per heavy atom. The van der Waals surface area contributed by atoms with Crippen LogP contribution in [0.25, 0.3) is 0 Å². The van der Waals surface area contributed by atoms with Crippen LogP contribution in [0.2, 0.25) is 5.02 Å². The lowest BCUT2D eigenvalue weighted by atomic mass is 10.2. The lowest BCUT2D eigenvalue weighted by Gasteiger charge is -2.06. The van der Waals surface area contributed by atoms with Crippen molar-refractivity contribution in [2.75, 3.05) is 11.1 Å². The topological polar surface area (TPSA) is 85.8 Å². The normalized spacial score (nSPS) is 10.6. The van der Waals surface area contributed by atoms with Gasteiger partial charge in [-0.15, -0.1) is 5.10 Å². The Hall–Kier alpha value is -2.86. The molecule has 1 amide bonds. The largest absolute Gasteiger partial charge is 0.382 e. The van der Waals surface area contributed by atoms with Crippen LogP contribution in [0, 0.1) is 6.92 Å². The molecule has 24 heavy (non-hydrogen) atoms. The number of nitrogen functional groups attached to an aromatic ring is 1. The number of rotatable bonds is 4. The number of halogens is 1. The number of benzene rings is 2. The predicted molar refractivity (Wildman–Crippen MR) is 94.1 cm³/mol. The van der Waals surface area contributed by atoms with Crippen molar-refractivity contribution in [2.24, 2.45) is 0 Å². The van der Waals surface area contributed by atoms with E-state index in [0.717, 1.165) is 11.1 Å². The maximum atomic E-state index is 12.3. The number of aryl methyl sites for hydroxylation is 1. The third-order valence-electron chi connectivity index (χ3n) is 3.59. The first kappa shape index (κ1) is 16.0. The Kier molecular flexibility index (Phi) is 4.48. The zero-order valence-electron chi connectivity index (χ0n) is 13.0. The summed E-state index contributed by atoms with van der Waals surface area (Å²) in [7, 11) is 0. The first-order valence-corrected chi connectivity index (χ1v) is 7.73. The van der Waals surface area contributed by atoms with Crippen molar-refractivity contribution < 1.29 is 4.79 Å². The Labute approximate surface area is 144 Å². The van der Waals surface area contributed by atoms with Crippen LogP contribution in [0.1, 0.15) is 21.6 Å². The summed E-state index contributed by atoms with van der Waals surface area (Å²) in [6.45, 7) is 2.34. The number of amides is 1. The zero-order chi connectivity index (χ0) is 17.1. The average Bonchev–Trinajstić information content (AvgIpc) is 2.93. The number of hydrogen-bond acceptors (Lipinski definition) is 4. The minimum Gasteiger partial charge on any atom is -0.382 e. The summed E-state index contributed by atoms with van der Waals surface area (Å²) in [5, 5.41) is 11.2. The van der Waals surface area contributed by atoms with E-state index >= 15 is 0 Å². The van der Waals surface area contributed by atoms with Crippen molar-refractivity contribution in [2.45, 2.75) is 13.5 Å². The Morgan fingerprint density at radius 3 is 2.71 bits per heavy atom. The number of carbonyl (C=O) groups is 1. The SMILES string of the molecule is Cc1ccc(NC(=O)c2nnn(Cc3ccccc3)c2N)cc1Cl. The molecule has 0 fully saturated rings. The molecule has 122 valence electrons. The molecule has 0 spiro atoms.